The van der Waals surface area contributed by atoms with Crippen LogP contribution in [0.5, 0.6) is 5.75 Å². The third kappa shape index (κ3) is 3.32. The maximum absolute atomic E-state index is 13.1. The van der Waals surface area contributed by atoms with Crippen molar-refractivity contribution in [1.82, 2.24) is 4.90 Å². The number of piperidine rings is 1. The Morgan fingerprint density at radius 3 is 2.10 bits per heavy atom. The van der Waals surface area contributed by atoms with E-state index in [0.29, 0.717) is 48.2 Å². The van der Waals surface area contributed by atoms with Gasteiger partial charge in [-0.15, -0.1) is 0 Å². The highest BCUT2D eigenvalue weighted by molar-refractivity contribution is 6.22. The van der Waals surface area contributed by atoms with Crippen molar-refractivity contribution in [2.24, 2.45) is 5.92 Å². The summed E-state index contributed by atoms with van der Waals surface area (Å²) in [5.74, 6) is -0.105. The molecular weight excluding hydrogens is 390 g/mol. The quantitative estimate of drug-likeness (QED) is 0.509. The van der Waals surface area contributed by atoms with Crippen LogP contribution in [0.25, 0.3) is 11.1 Å². The van der Waals surface area contributed by atoms with E-state index in [9.17, 15) is 19.5 Å². The molecule has 3 aromatic rings. The van der Waals surface area contributed by atoms with Gasteiger partial charge in [-0.3, -0.25) is 14.4 Å². The van der Waals surface area contributed by atoms with Crippen LogP contribution < -0.4 is 0 Å². The van der Waals surface area contributed by atoms with E-state index in [4.69, 9.17) is 0 Å². The summed E-state index contributed by atoms with van der Waals surface area (Å²) in [4.78, 5) is 40.3. The Morgan fingerprint density at radius 2 is 1.39 bits per heavy atom. The molecule has 31 heavy (non-hydrogen) atoms. The summed E-state index contributed by atoms with van der Waals surface area (Å²) in [7, 11) is 0. The van der Waals surface area contributed by atoms with Gasteiger partial charge >= 0.3 is 0 Å². The van der Waals surface area contributed by atoms with Crippen molar-refractivity contribution in [3.8, 4) is 16.9 Å². The lowest BCUT2D eigenvalue weighted by Crippen LogP contribution is -2.40. The molecule has 1 saturated heterocycles. The van der Waals surface area contributed by atoms with E-state index in [-0.39, 0.29) is 29.1 Å². The number of Topliss-reactive ketones (excluding diaryl/α,β-unsaturated/α-hetero) is 1. The Hall–Kier alpha value is -3.73. The van der Waals surface area contributed by atoms with Crippen LogP contribution in [0, 0.1) is 5.92 Å². The second-order valence-corrected chi connectivity index (χ2v) is 8.11. The van der Waals surface area contributed by atoms with Crippen molar-refractivity contribution in [1.29, 1.82) is 0 Å². The molecule has 1 aliphatic carbocycles. The van der Waals surface area contributed by atoms with E-state index < -0.39 is 0 Å². The molecule has 0 bridgehead atoms. The lowest BCUT2D eigenvalue weighted by molar-refractivity contribution is 0.0650. The number of carbonyl (C=O) groups excluding carboxylic acids is 3. The van der Waals surface area contributed by atoms with E-state index in [0.717, 1.165) is 11.1 Å². The molecule has 0 aromatic heterocycles. The number of benzene rings is 3. The standard InChI is InChI=1S/C26H21NO4/c28-19-8-5-16(6-9-19)24(29)17-11-13-27(14-12-17)26(31)18-7-10-21-20-3-1-2-4-22(20)25(30)23(21)15-18/h1-10,15,17,28H,11-14H2. The lowest BCUT2D eigenvalue weighted by atomic mass is 9.88. The fourth-order valence-corrected chi connectivity index (χ4v) is 4.55. The van der Waals surface area contributed by atoms with E-state index in [1.54, 1.807) is 29.2 Å². The molecule has 3 aromatic carbocycles. The highest BCUT2D eigenvalue weighted by Crippen LogP contribution is 2.37. The average molecular weight is 411 g/mol. The van der Waals surface area contributed by atoms with Crippen LogP contribution in [0.4, 0.5) is 0 Å². The second-order valence-electron chi connectivity index (χ2n) is 8.11. The van der Waals surface area contributed by atoms with Crippen LogP contribution in [-0.4, -0.2) is 40.6 Å². The summed E-state index contributed by atoms with van der Waals surface area (Å²) in [5, 5.41) is 9.40. The molecule has 1 aliphatic heterocycles. The maximum Gasteiger partial charge on any atom is 0.253 e. The Balaban J connectivity index is 1.29. The largest absolute Gasteiger partial charge is 0.508 e. The molecule has 0 spiro atoms. The van der Waals surface area contributed by atoms with Crippen LogP contribution in [0.15, 0.2) is 66.7 Å². The van der Waals surface area contributed by atoms with E-state index in [1.165, 1.54) is 12.1 Å². The fraction of sp³-hybridized carbons (Fsp3) is 0.192. The number of hydrogen-bond donors (Lipinski definition) is 1. The number of rotatable bonds is 3. The van der Waals surface area contributed by atoms with Gasteiger partial charge in [0.25, 0.3) is 5.91 Å². The highest BCUT2D eigenvalue weighted by Gasteiger charge is 2.31. The zero-order valence-corrected chi connectivity index (χ0v) is 16.9. The number of ketones is 2. The van der Waals surface area contributed by atoms with Gasteiger partial charge in [0.05, 0.1) is 0 Å². The molecule has 0 radical (unpaired) electrons. The Bertz CT molecular complexity index is 1200. The molecule has 5 heteroatoms. The zero-order chi connectivity index (χ0) is 21.5. The molecule has 0 atom stereocenters. The van der Waals surface area contributed by atoms with Gasteiger partial charge in [-0.2, -0.15) is 0 Å². The number of carbonyl (C=O) groups is 3. The predicted molar refractivity (Wildman–Crippen MR) is 116 cm³/mol. The molecule has 1 fully saturated rings. The Labute approximate surface area is 179 Å². The molecule has 0 unspecified atom stereocenters. The van der Waals surface area contributed by atoms with Gasteiger partial charge in [0.2, 0.25) is 0 Å². The third-order valence-electron chi connectivity index (χ3n) is 6.28. The van der Waals surface area contributed by atoms with Crippen molar-refractivity contribution in [2.45, 2.75) is 12.8 Å². The number of nitrogens with zero attached hydrogens (tertiary/aromatic N) is 1. The first-order valence-corrected chi connectivity index (χ1v) is 10.4. The van der Waals surface area contributed by atoms with Crippen LogP contribution in [0.1, 0.15) is 49.5 Å². The topological polar surface area (TPSA) is 74.7 Å². The summed E-state index contributed by atoms with van der Waals surface area (Å²) in [5.41, 5.74) is 4.12. The molecule has 0 saturated carbocycles. The zero-order valence-electron chi connectivity index (χ0n) is 16.9. The number of phenols is 1. The molecule has 1 amide bonds. The first-order valence-electron chi connectivity index (χ1n) is 10.4. The number of phenolic OH excluding ortho intramolecular Hbond substituents is 1. The Kier molecular flexibility index (Phi) is 4.66. The van der Waals surface area contributed by atoms with Crippen molar-refractivity contribution in [3.63, 3.8) is 0 Å². The Morgan fingerprint density at radius 1 is 0.774 bits per heavy atom. The smallest absolute Gasteiger partial charge is 0.253 e. The van der Waals surface area contributed by atoms with Crippen LogP contribution in [0.2, 0.25) is 0 Å². The summed E-state index contributed by atoms with van der Waals surface area (Å²) >= 11 is 0. The number of hydrogen-bond acceptors (Lipinski definition) is 4. The summed E-state index contributed by atoms with van der Waals surface area (Å²) in [6.07, 6.45) is 1.20. The molecule has 1 heterocycles. The van der Waals surface area contributed by atoms with Crippen molar-refractivity contribution in [3.05, 3.63) is 89.0 Å². The van der Waals surface area contributed by atoms with Gasteiger partial charge in [-0.25, -0.2) is 0 Å². The van der Waals surface area contributed by atoms with Crippen molar-refractivity contribution in [2.75, 3.05) is 13.1 Å². The van der Waals surface area contributed by atoms with Crippen molar-refractivity contribution < 1.29 is 19.5 Å². The van der Waals surface area contributed by atoms with E-state index in [2.05, 4.69) is 0 Å². The van der Waals surface area contributed by atoms with Gasteiger partial charge in [-0.1, -0.05) is 30.3 Å². The predicted octanol–water partition coefficient (Wildman–Crippen LogP) is 4.34. The molecule has 1 N–H and O–H groups in total. The van der Waals surface area contributed by atoms with Crippen LogP contribution in [0.3, 0.4) is 0 Å². The monoisotopic (exact) mass is 411 g/mol. The number of aromatic hydroxyl groups is 1. The SMILES string of the molecule is O=C1c2ccccc2-c2ccc(C(=O)N3CCC(C(=O)c4ccc(O)cc4)CC3)cc21. The minimum atomic E-state index is -0.135. The first-order chi connectivity index (χ1) is 15.0. The minimum Gasteiger partial charge on any atom is -0.508 e. The van der Waals surface area contributed by atoms with Crippen LogP contribution in [-0.2, 0) is 0 Å². The normalized spacial score (nSPS) is 15.5. The van der Waals surface area contributed by atoms with Gasteiger partial charge in [0, 0.05) is 41.3 Å². The van der Waals surface area contributed by atoms with Crippen LogP contribution >= 0.6 is 0 Å². The third-order valence-corrected chi connectivity index (χ3v) is 6.28. The molecule has 5 nitrogen and oxygen atoms in total. The summed E-state index contributed by atoms with van der Waals surface area (Å²) in [6.45, 7) is 0.997. The molecule has 2 aliphatic rings. The summed E-state index contributed by atoms with van der Waals surface area (Å²) < 4.78 is 0. The van der Waals surface area contributed by atoms with Gasteiger partial charge < -0.3 is 10.0 Å². The fourth-order valence-electron chi connectivity index (χ4n) is 4.55. The number of amides is 1. The average Bonchev–Trinajstić information content (AvgIpc) is 3.10. The van der Waals surface area contributed by atoms with Gasteiger partial charge in [0.15, 0.2) is 11.6 Å². The minimum absolute atomic E-state index is 0.0431. The number of fused-ring (bicyclic) bond motifs is 3. The van der Waals surface area contributed by atoms with Gasteiger partial charge in [0.1, 0.15) is 5.75 Å². The molecular formula is C26H21NO4. The molecule has 5 rings (SSSR count). The van der Waals surface area contributed by atoms with E-state index >= 15 is 0 Å². The first kappa shape index (κ1) is 19.2. The van der Waals surface area contributed by atoms with E-state index in [1.807, 2.05) is 30.3 Å². The molecule has 154 valence electrons. The highest BCUT2D eigenvalue weighted by atomic mass is 16.3. The van der Waals surface area contributed by atoms with Crippen molar-refractivity contribution >= 4 is 17.5 Å². The summed E-state index contributed by atoms with van der Waals surface area (Å²) in [6, 6.07) is 19.1. The lowest BCUT2D eigenvalue weighted by Gasteiger charge is -2.31. The maximum atomic E-state index is 13.1. The number of likely N-dealkylation sites (tertiary alicyclic amines) is 1. The van der Waals surface area contributed by atoms with Gasteiger partial charge in [-0.05, 0) is 60.4 Å². The second kappa shape index (κ2) is 7.51.